The van der Waals surface area contributed by atoms with Crippen LogP contribution < -0.4 is 9.64 Å². The third-order valence-electron chi connectivity index (χ3n) is 4.74. The third kappa shape index (κ3) is 5.02. The van der Waals surface area contributed by atoms with Crippen LogP contribution in [0, 0.1) is 0 Å². The maximum Gasteiger partial charge on any atom is 0.574 e. The van der Waals surface area contributed by atoms with Crippen LogP contribution in [0.15, 0.2) is 35.5 Å². The molecule has 11 heteroatoms. The van der Waals surface area contributed by atoms with Crippen LogP contribution in [0.4, 0.5) is 18.9 Å². The van der Waals surface area contributed by atoms with E-state index >= 15 is 0 Å². The lowest BCUT2D eigenvalue weighted by Crippen LogP contribution is -2.44. The number of morpholine rings is 1. The van der Waals surface area contributed by atoms with Gasteiger partial charge in [-0.3, -0.25) is 9.69 Å². The summed E-state index contributed by atoms with van der Waals surface area (Å²) < 4.78 is 46.8. The second kappa shape index (κ2) is 8.78. The lowest BCUT2D eigenvalue weighted by Gasteiger charge is -2.32. The summed E-state index contributed by atoms with van der Waals surface area (Å²) in [4.78, 5) is 24.8. The fourth-order valence-electron chi connectivity index (χ4n) is 3.29. The first-order valence-corrected chi connectivity index (χ1v) is 10.3. The second-order valence-corrected chi connectivity index (χ2v) is 7.71. The van der Waals surface area contributed by atoms with Gasteiger partial charge < -0.3 is 14.4 Å². The van der Waals surface area contributed by atoms with Crippen molar-refractivity contribution < 1.29 is 27.4 Å². The molecule has 0 saturated carbocycles. The molecule has 1 fully saturated rings. The molecule has 0 spiro atoms. The normalized spacial score (nSPS) is 17.7. The van der Waals surface area contributed by atoms with Gasteiger partial charge in [0.25, 0.3) is 0 Å². The van der Waals surface area contributed by atoms with E-state index in [1.165, 1.54) is 17.8 Å². The molecule has 2 aliphatic rings. The van der Waals surface area contributed by atoms with Crippen molar-refractivity contribution in [3.63, 3.8) is 0 Å². The fraction of sp³-hybridized carbons (Fsp3) is 0.421. The van der Waals surface area contributed by atoms with Crippen LogP contribution in [-0.4, -0.2) is 72.3 Å². The van der Waals surface area contributed by atoms with Crippen molar-refractivity contribution in [2.75, 3.05) is 50.0 Å². The van der Waals surface area contributed by atoms with Gasteiger partial charge in [-0.1, -0.05) is 17.8 Å². The Hall–Kier alpha value is -2.37. The monoisotopic (exact) mass is 440 g/mol. The summed E-state index contributed by atoms with van der Waals surface area (Å²) in [5.74, 6) is -0.274. The van der Waals surface area contributed by atoms with Crippen LogP contribution >= 0.6 is 11.8 Å². The number of carbonyl (C=O) groups is 1. The molecule has 0 aliphatic carbocycles. The van der Waals surface area contributed by atoms with Crippen molar-refractivity contribution in [2.24, 2.45) is 0 Å². The molecular formula is C19H19F3N4O3S. The SMILES string of the molecule is O=C1CSc2ncc(-c3cccc(OC(F)(F)F)n3)cc2N1CCN1CCOCC1. The van der Waals surface area contributed by atoms with Crippen molar-refractivity contribution in [1.82, 2.24) is 14.9 Å². The molecule has 0 radical (unpaired) electrons. The maximum absolute atomic E-state index is 12.6. The van der Waals surface area contributed by atoms with Crippen LogP contribution in [0.1, 0.15) is 0 Å². The van der Waals surface area contributed by atoms with Crippen molar-refractivity contribution in [3.05, 3.63) is 30.5 Å². The van der Waals surface area contributed by atoms with Gasteiger partial charge in [0.15, 0.2) is 0 Å². The number of anilines is 1. The first-order chi connectivity index (χ1) is 14.4. The average molecular weight is 440 g/mol. The van der Waals surface area contributed by atoms with Gasteiger partial charge in [-0.15, -0.1) is 13.2 Å². The van der Waals surface area contributed by atoms with Crippen molar-refractivity contribution in [3.8, 4) is 17.1 Å². The number of thioether (sulfide) groups is 1. The summed E-state index contributed by atoms with van der Waals surface area (Å²) in [5, 5.41) is 0.711. The van der Waals surface area contributed by atoms with Gasteiger partial charge in [-0.05, 0) is 12.1 Å². The lowest BCUT2D eigenvalue weighted by molar-refractivity contribution is -0.276. The molecule has 1 saturated heterocycles. The van der Waals surface area contributed by atoms with Crippen molar-refractivity contribution in [2.45, 2.75) is 11.4 Å². The number of pyridine rings is 2. The molecule has 2 aromatic heterocycles. The molecular weight excluding hydrogens is 421 g/mol. The van der Waals surface area contributed by atoms with E-state index in [-0.39, 0.29) is 11.6 Å². The Morgan fingerprint density at radius 1 is 1.20 bits per heavy atom. The zero-order valence-corrected chi connectivity index (χ0v) is 16.7. The largest absolute Gasteiger partial charge is 0.574 e. The number of hydrogen-bond acceptors (Lipinski definition) is 7. The highest BCUT2D eigenvalue weighted by atomic mass is 32.2. The molecule has 160 valence electrons. The Bertz CT molecular complexity index is 922. The highest BCUT2D eigenvalue weighted by molar-refractivity contribution is 8.00. The van der Waals surface area contributed by atoms with Crippen molar-refractivity contribution in [1.29, 1.82) is 0 Å². The van der Waals surface area contributed by atoms with Crippen LogP contribution in [0.5, 0.6) is 5.88 Å². The number of fused-ring (bicyclic) bond motifs is 1. The predicted molar refractivity (Wildman–Crippen MR) is 104 cm³/mol. The minimum absolute atomic E-state index is 0.0261. The molecule has 0 atom stereocenters. The van der Waals surface area contributed by atoms with Crippen LogP contribution in [-0.2, 0) is 9.53 Å². The number of rotatable bonds is 5. The van der Waals surface area contributed by atoms with Crippen LogP contribution in [0.3, 0.4) is 0 Å². The molecule has 2 aromatic rings. The maximum atomic E-state index is 12.6. The molecule has 0 N–H and O–H groups in total. The Labute approximate surface area is 175 Å². The van der Waals surface area contributed by atoms with E-state index in [4.69, 9.17) is 4.74 Å². The van der Waals surface area contributed by atoms with Gasteiger partial charge >= 0.3 is 6.36 Å². The predicted octanol–water partition coefficient (Wildman–Crippen LogP) is 2.81. The van der Waals surface area contributed by atoms with E-state index in [9.17, 15) is 18.0 Å². The first-order valence-electron chi connectivity index (χ1n) is 9.35. The fourth-order valence-corrected chi connectivity index (χ4v) is 4.15. The minimum Gasteiger partial charge on any atom is -0.388 e. The molecule has 4 heterocycles. The summed E-state index contributed by atoms with van der Waals surface area (Å²) in [5.41, 5.74) is 1.43. The second-order valence-electron chi connectivity index (χ2n) is 6.75. The van der Waals surface area contributed by atoms with Gasteiger partial charge in [0.05, 0.1) is 30.3 Å². The Morgan fingerprint density at radius 3 is 2.77 bits per heavy atom. The summed E-state index contributed by atoms with van der Waals surface area (Å²) in [7, 11) is 0. The topological polar surface area (TPSA) is 67.8 Å². The summed E-state index contributed by atoms with van der Waals surface area (Å²) in [6.45, 7) is 4.19. The number of hydrogen-bond donors (Lipinski definition) is 0. The number of amides is 1. The number of carbonyl (C=O) groups excluding carboxylic acids is 1. The lowest BCUT2D eigenvalue weighted by atomic mass is 10.1. The number of nitrogens with zero attached hydrogens (tertiary/aromatic N) is 4. The van der Waals surface area contributed by atoms with Gasteiger partial charge in [0, 0.05) is 44.0 Å². The molecule has 0 bridgehead atoms. The van der Waals surface area contributed by atoms with Crippen molar-refractivity contribution >= 4 is 23.4 Å². The highest BCUT2D eigenvalue weighted by Gasteiger charge is 2.32. The van der Waals surface area contributed by atoms with Gasteiger partial charge in [0.2, 0.25) is 11.8 Å². The van der Waals surface area contributed by atoms with E-state index in [2.05, 4.69) is 19.6 Å². The van der Waals surface area contributed by atoms with Crippen LogP contribution in [0.2, 0.25) is 0 Å². The van der Waals surface area contributed by atoms with E-state index in [0.29, 0.717) is 48.3 Å². The molecule has 0 unspecified atom stereocenters. The summed E-state index contributed by atoms with van der Waals surface area (Å²) in [6.07, 6.45) is -3.28. The quantitative estimate of drug-likeness (QED) is 0.708. The number of alkyl halides is 3. The number of aromatic nitrogens is 2. The van der Waals surface area contributed by atoms with E-state index in [0.717, 1.165) is 19.2 Å². The van der Waals surface area contributed by atoms with Gasteiger partial charge in [-0.25, -0.2) is 9.97 Å². The highest BCUT2D eigenvalue weighted by Crippen LogP contribution is 2.36. The molecule has 1 amide bonds. The Balaban J connectivity index is 1.57. The number of halogens is 3. The zero-order chi connectivity index (χ0) is 21.1. The van der Waals surface area contributed by atoms with Gasteiger partial charge in [-0.2, -0.15) is 0 Å². The standard InChI is InChI=1S/C19H19F3N4O3S/c20-19(21,22)29-16-3-1-2-14(24-16)13-10-15-18(23-11-13)30-12-17(27)26(15)5-4-25-6-8-28-9-7-25/h1-3,10-11H,4-9,12H2. The minimum atomic E-state index is -4.82. The van der Waals surface area contributed by atoms with E-state index in [1.54, 1.807) is 23.2 Å². The molecule has 2 aliphatic heterocycles. The molecule has 30 heavy (non-hydrogen) atoms. The van der Waals surface area contributed by atoms with Gasteiger partial charge in [0.1, 0.15) is 5.03 Å². The summed E-state index contributed by atoms with van der Waals surface area (Å²) in [6, 6.07) is 5.88. The van der Waals surface area contributed by atoms with E-state index in [1.807, 2.05) is 0 Å². The zero-order valence-electron chi connectivity index (χ0n) is 15.9. The third-order valence-corrected chi connectivity index (χ3v) is 5.72. The molecule has 0 aromatic carbocycles. The molecule has 7 nitrogen and oxygen atoms in total. The van der Waals surface area contributed by atoms with E-state index < -0.39 is 12.2 Å². The molecule has 4 rings (SSSR count). The Morgan fingerprint density at radius 2 is 2.00 bits per heavy atom. The first kappa shape index (κ1) is 20.9. The van der Waals surface area contributed by atoms with Crippen LogP contribution in [0.25, 0.3) is 11.3 Å². The summed E-state index contributed by atoms with van der Waals surface area (Å²) >= 11 is 1.35. The Kier molecular flexibility index (Phi) is 6.11. The average Bonchev–Trinajstić information content (AvgIpc) is 2.72. The smallest absolute Gasteiger partial charge is 0.388 e. The number of ether oxygens (including phenoxy) is 2.